The quantitative estimate of drug-likeness (QED) is 0.0514. The zero-order chi connectivity index (χ0) is 45.4. The highest BCUT2D eigenvalue weighted by molar-refractivity contribution is 5.87. The van der Waals surface area contributed by atoms with Crippen LogP contribution in [0.3, 0.4) is 0 Å². The predicted molar refractivity (Wildman–Crippen MR) is 226 cm³/mol. The first-order valence-corrected chi connectivity index (χ1v) is 22.0. The lowest BCUT2D eigenvalue weighted by atomic mass is 9.82. The highest BCUT2D eigenvalue weighted by Gasteiger charge is 2.50. The Balaban J connectivity index is 1.68. The second-order valence-electron chi connectivity index (χ2n) is 19.1. The Kier molecular flexibility index (Phi) is 19.9. The van der Waals surface area contributed by atoms with Gasteiger partial charge in [0.1, 0.15) is 49.3 Å². The van der Waals surface area contributed by atoms with Crippen molar-refractivity contribution in [2.75, 3.05) is 19.8 Å². The Morgan fingerprint density at radius 1 is 0.750 bits per heavy atom. The summed E-state index contributed by atoms with van der Waals surface area (Å²) in [6.45, 7) is 26.5. The van der Waals surface area contributed by atoms with Gasteiger partial charge in [-0.25, -0.2) is 4.79 Å². The molecule has 348 valence electrons. The average molecular weight is 857 g/mol. The van der Waals surface area contributed by atoms with Gasteiger partial charge >= 0.3 is 5.97 Å². The van der Waals surface area contributed by atoms with Crippen LogP contribution in [0.5, 0.6) is 0 Å². The van der Waals surface area contributed by atoms with Gasteiger partial charge in [-0.3, -0.25) is 0 Å². The second-order valence-corrected chi connectivity index (χ2v) is 19.1. The van der Waals surface area contributed by atoms with Crippen molar-refractivity contribution < 1.29 is 68.6 Å². The number of rotatable bonds is 21. The number of hydrogen-bond acceptors (Lipinski definition) is 14. The standard InChI is InChI=1S/C46H80O14/c1-15-24(2)16-25(3)17-30(8)41(57-44-40(52)39(51)38(50)33(21-47)56-44)31(9)19-28(6)36(48)26(4)18-27(5)37(49)29(7)20-32(10)43(53)54-22-34-42(60-46(13,14)59-34)35-23-55-45(11,12)58-35/h18-20,24-26,29-31,33-42,44,47-52H,15-17,21-23H2,1-14H3/b27-18+,28-19+,32-20+/t24-,25-,26-,29-,30-,31-,33+,34+,35+,36-,37+,38+,39-,40-,41+,42-,44-/m0/s1. The van der Waals surface area contributed by atoms with Crippen molar-refractivity contribution in [1.82, 2.24) is 0 Å². The molecule has 6 N–H and O–H groups in total. The van der Waals surface area contributed by atoms with Gasteiger partial charge < -0.3 is 63.8 Å². The molecule has 3 saturated heterocycles. The minimum absolute atomic E-state index is 0.0269. The van der Waals surface area contributed by atoms with E-state index in [0.29, 0.717) is 35.2 Å². The van der Waals surface area contributed by atoms with E-state index in [9.17, 15) is 35.4 Å². The predicted octanol–water partition coefficient (Wildman–Crippen LogP) is 4.95. The molecule has 0 bridgehead atoms. The molecular weight excluding hydrogens is 776 g/mol. The van der Waals surface area contributed by atoms with E-state index in [1.165, 1.54) is 0 Å². The van der Waals surface area contributed by atoms with E-state index in [0.717, 1.165) is 19.3 Å². The zero-order valence-corrected chi connectivity index (χ0v) is 38.7. The highest BCUT2D eigenvalue weighted by atomic mass is 16.8. The van der Waals surface area contributed by atoms with Gasteiger partial charge in [0.05, 0.1) is 31.5 Å². The molecule has 0 aromatic carbocycles. The van der Waals surface area contributed by atoms with E-state index in [-0.39, 0.29) is 24.5 Å². The molecule has 0 radical (unpaired) electrons. The van der Waals surface area contributed by atoms with Crippen molar-refractivity contribution in [1.29, 1.82) is 0 Å². The van der Waals surface area contributed by atoms with Gasteiger partial charge in [-0.05, 0) is 90.2 Å². The van der Waals surface area contributed by atoms with Crippen LogP contribution in [-0.2, 0) is 38.0 Å². The zero-order valence-electron chi connectivity index (χ0n) is 38.7. The Hall–Kier alpha value is -1.79. The van der Waals surface area contributed by atoms with E-state index in [1.807, 2.05) is 46.8 Å². The molecule has 14 heteroatoms. The third-order valence-corrected chi connectivity index (χ3v) is 12.3. The summed E-state index contributed by atoms with van der Waals surface area (Å²) in [4.78, 5) is 13.1. The number of ether oxygens (including phenoxy) is 7. The summed E-state index contributed by atoms with van der Waals surface area (Å²) in [5, 5.41) is 64.2. The molecule has 60 heavy (non-hydrogen) atoms. The molecule has 0 aromatic rings. The molecule has 0 spiro atoms. The Morgan fingerprint density at radius 3 is 1.88 bits per heavy atom. The van der Waals surface area contributed by atoms with Crippen LogP contribution in [-0.4, -0.2) is 135 Å². The van der Waals surface area contributed by atoms with Crippen molar-refractivity contribution in [3.05, 3.63) is 34.9 Å². The minimum Gasteiger partial charge on any atom is -0.459 e. The number of aliphatic hydroxyl groups excluding tert-OH is 6. The third kappa shape index (κ3) is 14.6. The monoisotopic (exact) mass is 857 g/mol. The van der Waals surface area contributed by atoms with Gasteiger partial charge in [-0.1, -0.05) is 73.1 Å². The molecule has 0 aliphatic carbocycles. The summed E-state index contributed by atoms with van der Waals surface area (Å²) in [6.07, 6.45) is -2.42. The van der Waals surface area contributed by atoms with Crippen molar-refractivity contribution in [2.24, 2.45) is 35.5 Å². The van der Waals surface area contributed by atoms with Gasteiger partial charge in [0.25, 0.3) is 0 Å². The summed E-state index contributed by atoms with van der Waals surface area (Å²) in [5.74, 6) is -2.40. The van der Waals surface area contributed by atoms with Crippen molar-refractivity contribution in [3.63, 3.8) is 0 Å². The number of carbonyl (C=O) groups is 1. The van der Waals surface area contributed by atoms with Crippen LogP contribution in [0.25, 0.3) is 0 Å². The molecule has 0 unspecified atom stereocenters. The normalized spacial score (nSPS) is 33.4. The lowest BCUT2D eigenvalue weighted by Gasteiger charge is -2.42. The number of aliphatic hydroxyl groups is 6. The minimum atomic E-state index is -1.56. The molecule has 17 atom stereocenters. The smallest absolute Gasteiger partial charge is 0.333 e. The van der Waals surface area contributed by atoms with E-state index >= 15 is 0 Å². The topological polar surface area (TPSA) is 203 Å². The van der Waals surface area contributed by atoms with Crippen molar-refractivity contribution >= 4 is 5.97 Å². The van der Waals surface area contributed by atoms with Gasteiger partial charge in [-0.2, -0.15) is 0 Å². The van der Waals surface area contributed by atoms with Crippen LogP contribution < -0.4 is 0 Å². The van der Waals surface area contributed by atoms with E-state index in [2.05, 4.69) is 27.7 Å². The van der Waals surface area contributed by atoms with Crippen LogP contribution in [0.2, 0.25) is 0 Å². The number of esters is 1. The fraction of sp³-hybridized carbons (Fsp3) is 0.848. The average Bonchev–Trinajstić information content (AvgIpc) is 3.70. The van der Waals surface area contributed by atoms with Gasteiger partial charge in [0.2, 0.25) is 0 Å². The Labute approximate surface area is 359 Å². The number of hydrogen-bond donors (Lipinski definition) is 6. The fourth-order valence-electron chi connectivity index (χ4n) is 8.88. The van der Waals surface area contributed by atoms with E-state index in [4.69, 9.17) is 33.2 Å². The first-order valence-electron chi connectivity index (χ1n) is 22.0. The summed E-state index contributed by atoms with van der Waals surface area (Å²) in [7, 11) is 0. The Morgan fingerprint density at radius 2 is 1.33 bits per heavy atom. The number of carbonyl (C=O) groups excluding carboxylic acids is 1. The molecule has 14 nitrogen and oxygen atoms in total. The van der Waals surface area contributed by atoms with Gasteiger partial charge in [-0.15, -0.1) is 0 Å². The first kappa shape index (κ1) is 52.6. The maximum Gasteiger partial charge on any atom is 0.333 e. The third-order valence-electron chi connectivity index (χ3n) is 12.3. The fourth-order valence-corrected chi connectivity index (χ4v) is 8.88. The molecule has 3 rings (SSSR count). The lowest BCUT2D eigenvalue weighted by Crippen LogP contribution is -2.60. The van der Waals surface area contributed by atoms with Gasteiger partial charge in [0.15, 0.2) is 17.9 Å². The summed E-state index contributed by atoms with van der Waals surface area (Å²) < 4.78 is 41.7. The van der Waals surface area contributed by atoms with Crippen LogP contribution in [0.15, 0.2) is 34.9 Å². The van der Waals surface area contributed by atoms with Crippen molar-refractivity contribution in [3.8, 4) is 0 Å². The molecule has 0 saturated carbocycles. The molecule has 3 aliphatic heterocycles. The summed E-state index contributed by atoms with van der Waals surface area (Å²) in [5.41, 5.74) is 1.64. The molecule has 0 amide bonds. The highest BCUT2D eigenvalue weighted by Crippen LogP contribution is 2.36. The van der Waals surface area contributed by atoms with E-state index in [1.54, 1.807) is 40.7 Å². The molecule has 3 aliphatic rings. The summed E-state index contributed by atoms with van der Waals surface area (Å²) >= 11 is 0. The van der Waals surface area contributed by atoms with Crippen LogP contribution in [0, 0.1) is 35.5 Å². The lowest BCUT2D eigenvalue weighted by molar-refractivity contribution is -0.317. The summed E-state index contributed by atoms with van der Waals surface area (Å²) in [6, 6.07) is 0. The van der Waals surface area contributed by atoms with Gasteiger partial charge in [0, 0.05) is 23.3 Å². The first-order chi connectivity index (χ1) is 27.8. The molecule has 3 heterocycles. The maximum atomic E-state index is 13.1. The van der Waals surface area contributed by atoms with Crippen molar-refractivity contribution in [2.45, 2.75) is 195 Å². The van der Waals surface area contributed by atoms with Crippen LogP contribution >= 0.6 is 0 Å². The van der Waals surface area contributed by atoms with Crippen LogP contribution in [0.4, 0.5) is 0 Å². The SMILES string of the molecule is CC[C@H](C)C[C@H](C)C[C@H](C)[C@@H](O[C@@H]1O[C@H](CO)[C@@H](O)[C@H](O)[C@@H]1O)[C@@H](C)/C=C(\C)[C@@H](O)[C@@H](C)/C=C(\C)[C@@H](O)[C@@H](C)/C=C(\C)C(=O)OC[C@H]1OC(C)(C)O[C@@H]1[C@H]1COC(C)(C)O1. The second kappa shape index (κ2) is 22.7. The Bertz CT molecular complexity index is 1440. The maximum absolute atomic E-state index is 13.1. The largest absolute Gasteiger partial charge is 0.459 e. The molecule has 3 fully saturated rings. The van der Waals surface area contributed by atoms with Crippen LogP contribution in [0.1, 0.15) is 116 Å². The van der Waals surface area contributed by atoms with E-state index < -0.39 is 97.2 Å². The molecule has 0 aromatic heterocycles. The molecular formula is C46H80O14.